The predicted octanol–water partition coefficient (Wildman–Crippen LogP) is 2.50. The van der Waals surface area contributed by atoms with Gasteiger partial charge in [0.15, 0.2) is 11.6 Å². The fourth-order valence-electron chi connectivity index (χ4n) is 2.18. The maximum atomic E-state index is 14.2. The van der Waals surface area contributed by atoms with Crippen LogP contribution in [0.15, 0.2) is 18.2 Å². The molecule has 0 saturated heterocycles. The van der Waals surface area contributed by atoms with Gasteiger partial charge in [0, 0.05) is 25.9 Å². The molecule has 0 fully saturated rings. The Hall–Kier alpha value is -1.79. The van der Waals surface area contributed by atoms with E-state index in [2.05, 4.69) is 10.4 Å². The Labute approximate surface area is 122 Å². The normalized spacial score (nSPS) is 11.1. The van der Waals surface area contributed by atoms with E-state index in [1.165, 1.54) is 16.8 Å². The van der Waals surface area contributed by atoms with E-state index in [4.69, 9.17) is 4.74 Å². The number of aromatic nitrogens is 2. The first-order chi connectivity index (χ1) is 10.0. The SMILES string of the molecule is COCCNCc1cc(F)c(-n2nc(C)cc2C)c(F)c1. The minimum absolute atomic E-state index is 0.138. The summed E-state index contributed by atoms with van der Waals surface area (Å²) in [5.41, 5.74) is 1.82. The summed E-state index contributed by atoms with van der Waals surface area (Å²) in [6, 6.07) is 4.43. The van der Waals surface area contributed by atoms with Crippen LogP contribution in [0.2, 0.25) is 0 Å². The molecular weight excluding hydrogens is 276 g/mol. The third kappa shape index (κ3) is 3.65. The van der Waals surface area contributed by atoms with Crippen molar-refractivity contribution in [2.45, 2.75) is 20.4 Å². The largest absolute Gasteiger partial charge is 0.383 e. The van der Waals surface area contributed by atoms with Crippen molar-refractivity contribution in [2.75, 3.05) is 20.3 Å². The molecule has 114 valence electrons. The summed E-state index contributed by atoms with van der Waals surface area (Å²) in [6.07, 6.45) is 0. The zero-order chi connectivity index (χ0) is 15.4. The van der Waals surface area contributed by atoms with Crippen molar-refractivity contribution in [1.82, 2.24) is 15.1 Å². The van der Waals surface area contributed by atoms with Crippen molar-refractivity contribution < 1.29 is 13.5 Å². The molecule has 4 nitrogen and oxygen atoms in total. The molecule has 0 bridgehead atoms. The molecule has 2 aromatic rings. The molecule has 21 heavy (non-hydrogen) atoms. The molecule has 0 aliphatic heterocycles. The van der Waals surface area contributed by atoms with Gasteiger partial charge in [-0.25, -0.2) is 13.5 Å². The molecule has 0 radical (unpaired) electrons. The van der Waals surface area contributed by atoms with E-state index in [-0.39, 0.29) is 5.69 Å². The Morgan fingerprint density at radius 3 is 2.38 bits per heavy atom. The number of aryl methyl sites for hydroxylation is 2. The highest BCUT2D eigenvalue weighted by Crippen LogP contribution is 2.21. The Morgan fingerprint density at radius 2 is 1.86 bits per heavy atom. The Kier molecular flexibility index (Phi) is 5.03. The van der Waals surface area contributed by atoms with E-state index in [1.807, 2.05) is 0 Å². The lowest BCUT2D eigenvalue weighted by Gasteiger charge is -2.10. The first-order valence-corrected chi connectivity index (χ1v) is 6.74. The molecule has 6 heteroatoms. The fourth-order valence-corrected chi connectivity index (χ4v) is 2.18. The minimum atomic E-state index is -0.621. The molecule has 1 heterocycles. The molecule has 0 spiro atoms. The summed E-state index contributed by atoms with van der Waals surface area (Å²) in [7, 11) is 1.60. The van der Waals surface area contributed by atoms with Crippen molar-refractivity contribution in [1.29, 1.82) is 0 Å². The number of ether oxygens (including phenoxy) is 1. The van der Waals surface area contributed by atoms with Gasteiger partial charge in [-0.15, -0.1) is 0 Å². The van der Waals surface area contributed by atoms with Crippen molar-refractivity contribution in [2.24, 2.45) is 0 Å². The second-order valence-electron chi connectivity index (χ2n) is 4.92. The lowest BCUT2D eigenvalue weighted by molar-refractivity contribution is 0.199. The van der Waals surface area contributed by atoms with E-state index in [1.54, 1.807) is 27.0 Å². The predicted molar refractivity (Wildman–Crippen MR) is 76.5 cm³/mol. The number of rotatable bonds is 6. The van der Waals surface area contributed by atoms with Gasteiger partial charge in [-0.1, -0.05) is 0 Å². The summed E-state index contributed by atoms with van der Waals surface area (Å²) < 4.78 is 34.6. The first-order valence-electron chi connectivity index (χ1n) is 6.74. The molecule has 0 aliphatic carbocycles. The highest BCUT2D eigenvalue weighted by Gasteiger charge is 2.16. The van der Waals surface area contributed by atoms with Crippen LogP contribution in [0.3, 0.4) is 0 Å². The number of hydrogen-bond donors (Lipinski definition) is 1. The molecule has 0 atom stereocenters. The quantitative estimate of drug-likeness (QED) is 0.832. The third-order valence-electron chi connectivity index (χ3n) is 3.11. The van der Waals surface area contributed by atoms with Gasteiger partial charge in [-0.3, -0.25) is 0 Å². The second-order valence-corrected chi connectivity index (χ2v) is 4.92. The van der Waals surface area contributed by atoms with Crippen LogP contribution < -0.4 is 5.32 Å². The molecule has 0 saturated carbocycles. The van der Waals surface area contributed by atoms with E-state index < -0.39 is 11.6 Å². The van der Waals surface area contributed by atoms with Gasteiger partial charge in [0.2, 0.25) is 0 Å². The lowest BCUT2D eigenvalue weighted by atomic mass is 10.1. The van der Waals surface area contributed by atoms with E-state index in [0.29, 0.717) is 31.0 Å². The van der Waals surface area contributed by atoms with Gasteiger partial charge in [-0.2, -0.15) is 5.10 Å². The summed E-state index contributed by atoms with van der Waals surface area (Å²) in [5.74, 6) is -1.24. The number of benzene rings is 1. The van der Waals surface area contributed by atoms with Crippen molar-refractivity contribution >= 4 is 0 Å². The van der Waals surface area contributed by atoms with Gasteiger partial charge < -0.3 is 10.1 Å². The van der Waals surface area contributed by atoms with Crippen LogP contribution in [0.5, 0.6) is 0 Å². The molecule has 2 rings (SSSR count). The van der Waals surface area contributed by atoms with Crippen molar-refractivity contribution in [3.05, 3.63) is 46.8 Å². The molecular formula is C15H19F2N3O. The number of nitrogens with zero attached hydrogens (tertiary/aromatic N) is 2. The third-order valence-corrected chi connectivity index (χ3v) is 3.11. The zero-order valence-electron chi connectivity index (χ0n) is 12.4. The smallest absolute Gasteiger partial charge is 0.152 e. The van der Waals surface area contributed by atoms with Crippen molar-refractivity contribution in [3.63, 3.8) is 0 Å². The van der Waals surface area contributed by atoms with Crippen LogP contribution in [0.1, 0.15) is 17.0 Å². The molecule has 0 aliphatic rings. The maximum absolute atomic E-state index is 14.2. The van der Waals surface area contributed by atoms with Crippen LogP contribution in [-0.2, 0) is 11.3 Å². The van der Waals surface area contributed by atoms with Crippen LogP contribution in [0, 0.1) is 25.5 Å². The minimum Gasteiger partial charge on any atom is -0.383 e. The van der Waals surface area contributed by atoms with Crippen LogP contribution >= 0.6 is 0 Å². The van der Waals surface area contributed by atoms with Gasteiger partial charge >= 0.3 is 0 Å². The Balaban J connectivity index is 2.23. The number of hydrogen-bond acceptors (Lipinski definition) is 3. The highest BCUT2D eigenvalue weighted by molar-refractivity contribution is 5.39. The zero-order valence-corrected chi connectivity index (χ0v) is 12.4. The number of methoxy groups -OCH3 is 1. The summed E-state index contributed by atoms with van der Waals surface area (Å²) >= 11 is 0. The highest BCUT2D eigenvalue weighted by atomic mass is 19.1. The monoisotopic (exact) mass is 295 g/mol. The fraction of sp³-hybridized carbons (Fsp3) is 0.400. The van der Waals surface area contributed by atoms with Gasteiger partial charge in [0.1, 0.15) is 5.69 Å². The number of nitrogens with one attached hydrogen (secondary N) is 1. The van der Waals surface area contributed by atoms with Gasteiger partial charge in [-0.05, 0) is 37.6 Å². The molecule has 0 amide bonds. The van der Waals surface area contributed by atoms with Crippen LogP contribution in [-0.4, -0.2) is 30.0 Å². The average molecular weight is 295 g/mol. The van der Waals surface area contributed by atoms with Crippen LogP contribution in [0.4, 0.5) is 8.78 Å². The summed E-state index contributed by atoms with van der Waals surface area (Å²) in [5, 5.41) is 7.17. The summed E-state index contributed by atoms with van der Waals surface area (Å²) in [4.78, 5) is 0. The molecule has 1 aromatic heterocycles. The van der Waals surface area contributed by atoms with Gasteiger partial charge in [0.05, 0.1) is 12.3 Å². The topological polar surface area (TPSA) is 39.1 Å². The Morgan fingerprint density at radius 1 is 1.19 bits per heavy atom. The summed E-state index contributed by atoms with van der Waals surface area (Å²) in [6.45, 7) is 5.11. The van der Waals surface area contributed by atoms with Gasteiger partial charge in [0.25, 0.3) is 0 Å². The molecule has 0 unspecified atom stereocenters. The lowest BCUT2D eigenvalue weighted by Crippen LogP contribution is -2.19. The first kappa shape index (κ1) is 15.6. The average Bonchev–Trinajstić information content (AvgIpc) is 2.73. The molecule has 1 aromatic carbocycles. The molecule has 1 N–H and O–H groups in total. The van der Waals surface area contributed by atoms with E-state index in [9.17, 15) is 8.78 Å². The van der Waals surface area contributed by atoms with Crippen LogP contribution in [0.25, 0.3) is 5.69 Å². The van der Waals surface area contributed by atoms with E-state index >= 15 is 0 Å². The standard InChI is InChI=1S/C15H19F2N3O/c1-10-6-11(2)20(19-10)15-13(16)7-12(8-14(15)17)9-18-4-5-21-3/h6-8,18H,4-5,9H2,1-3H3. The van der Waals surface area contributed by atoms with Crippen molar-refractivity contribution in [3.8, 4) is 5.69 Å². The number of halogens is 2. The maximum Gasteiger partial charge on any atom is 0.152 e. The Bertz CT molecular complexity index is 602. The second kappa shape index (κ2) is 6.78. The van der Waals surface area contributed by atoms with E-state index in [0.717, 1.165) is 5.69 Å².